The molecule has 0 rings (SSSR count). The van der Waals surface area contributed by atoms with Crippen molar-refractivity contribution in [3.8, 4) is 0 Å². The van der Waals surface area contributed by atoms with Gasteiger partial charge in [-0.25, -0.2) is 0 Å². The van der Waals surface area contributed by atoms with Crippen LogP contribution in [-0.4, -0.2) is 52.4 Å². The average Bonchev–Trinajstić information content (AvgIpc) is 0. The zero-order valence-electron chi connectivity index (χ0n) is 7.39. The van der Waals surface area contributed by atoms with Crippen LogP contribution in [0.1, 0.15) is 0 Å². The second kappa shape index (κ2) is 383. The van der Waals surface area contributed by atoms with Crippen molar-refractivity contribution in [1.82, 2.24) is 0 Å². The molecule has 0 aromatic carbocycles. The molecule has 92 valence electrons. The fourth-order valence-electron chi connectivity index (χ4n) is 0. The van der Waals surface area contributed by atoms with Crippen LogP contribution in [0, 0.1) is 0 Å². The van der Waals surface area contributed by atoms with Gasteiger partial charge in [-0.1, -0.05) is 0 Å². The van der Waals surface area contributed by atoms with Gasteiger partial charge in [0.25, 0.3) is 0 Å². The Balaban J connectivity index is 0. The topological polar surface area (TPSA) is 314 Å². The van der Waals surface area contributed by atoms with Crippen LogP contribution in [0.25, 0.3) is 0 Å². The Morgan fingerprint density at radius 1 is 0.235 bits per heavy atom. The molecule has 0 N–H and O–H groups in total. The van der Waals surface area contributed by atoms with E-state index in [9.17, 15) is 0 Å². The van der Waals surface area contributed by atoms with Crippen molar-refractivity contribution in [2.24, 2.45) is 0 Å². The fraction of sp³-hybridized carbons (Fsp3) is 0. The molecule has 17 heavy (non-hydrogen) atoms. The molecular formula is Bi2O11Ti2Zr2. The van der Waals surface area contributed by atoms with E-state index in [1.807, 2.05) is 0 Å². The first-order valence-corrected chi connectivity index (χ1v) is 0. The Morgan fingerprint density at radius 2 is 0.235 bits per heavy atom. The van der Waals surface area contributed by atoms with Crippen molar-refractivity contribution in [1.29, 1.82) is 0 Å². The van der Waals surface area contributed by atoms with E-state index < -0.39 is 0 Å². The first kappa shape index (κ1) is 443. The van der Waals surface area contributed by atoms with E-state index in [-0.39, 0.29) is 208 Å². The molecule has 0 saturated heterocycles. The fourth-order valence-corrected chi connectivity index (χ4v) is 0. The maximum Gasteiger partial charge on any atom is 4.00 e. The minimum atomic E-state index is 0. The maximum absolute atomic E-state index is 0. The monoisotopic (exact) mass is 870 g/mol. The van der Waals surface area contributed by atoms with Gasteiger partial charge in [-0.3, -0.25) is 0 Å². The summed E-state index contributed by atoms with van der Waals surface area (Å²) in [5, 5.41) is 0. The van der Waals surface area contributed by atoms with Gasteiger partial charge in [0.2, 0.25) is 0 Å². The third-order valence-corrected chi connectivity index (χ3v) is 0. The van der Waals surface area contributed by atoms with Crippen molar-refractivity contribution in [3.05, 3.63) is 0 Å². The van der Waals surface area contributed by atoms with Gasteiger partial charge in [-0.2, -0.15) is 0 Å². The van der Waals surface area contributed by atoms with Crippen LogP contribution in [0.4, 0.5) is 0 Å². The summed E-state index contributed by atoms with van der Waals surface area (Å²) in [6.07, 6.45) is 0. The predicted octanol–water partition coefficient (Wildman–Crippen LogP) is -2.08. The maximum atomic E-state index is 0. The molecule has 0 fully saturated rings. The van der Waals surface area contributed by atoms with Crippen LogP contribution in [0.3, 0.4) is 0 Å². The van der Waals surface area contributed by atoms with Gasteiger partial charge < -0.3 is 60.2 Å². The average molecular weight is 872 g/mol. The smallest absolute Gasteiger partial charge is 2.00 e. The molecule has 0 amide bonds. The van der Waals surface area contributed by atoms with E-state index in [4.69, 9.17) is 0 Å². The van der Waals surface area contributed by atoms with Gasteiger partial charge in [0, 0.05) is 0 Å². The first-order chi connectivity index (χ1) is 0. The van der Waals surface area contributed by atoms with Crippen LogP contribution in [-0.2, 0) is 156 Å². The number of hydrogen-bond donors (Lipinski definition) is 0. The summed E-state index contributed by atoms with van der Waals surface area (Å²) in [6.45, 7) is 0. The summed E-state index contributed by atoms with van der Waals surface area (Å²) in [5.41, 5.74) is 0. The first-order valence-electron chi connectivity index (χ1n) is 0. The number of rotatable bonds is 0. The summed E-state index contributed by atoms with van der Waals surface area (Å²) < 4.78 is 0. The van der Waals surface area contributed by atoms with E-state index in [0.29, 0.717) is 0 Å². The van der Waals surface area contributed by atoms with Crippen molar-refractivity contribution in [2.75, 3.05) is 0 Å². The second-order valence-electron chi connectivity index (χ2n) is 0. The Hall–Kier alpha value is 4.52. The Bertz CT molecular complexity index is 25.4. The Morgan fingerprint density at radius 3 is 0.235 bits per heavy atom. The molecule has 0 aromatic heterocycles. The summed E-state index contributed by atoms with van der Waals surface area (Å²) in [4.78, 5) is 0. The Labute approximate surface area is 205 Å². The normalized spacial score (nSPS) is 0. The zero-order valence-corrected chi connectivity index (χ0v) is 22.4. The van der Waals surface area contributed by atoms with Crippen LogP contribution in [0.5, 0.6) is 0 Å². The van der Waals surface area contributed by atoms with Gasteiger partial charge in [0.15, 0.2) is 0 Å². The Kier molecular flexibility index (Phi) is 9980. The van der Waals surface area contributed by atoms with Crippen molar-refractivity contribution in [2.45, 2.75) is 0 Å². The SMILES string of the molecule is [Bi+3].[Bi+3].[O-2].[O-2].[O-2].[O-2].[O-2].[O-2].[O-2].[O-2].[O-2].[O-2].[O-2].[Ti+4].[Ti+4].[Zr+4].[Zr+4]. The quantitative estimate of drug-likeness (QED) is 0.237. The van der Waals surface area contributed by atoms with Crippen LogP contribution in [0.15, 0.2) is 0 Å². The van der Waals surface area contributed by atoms with Crippen LogP contribution >= 0.6 is 0 Å². The molecule has 0 spiro atoms. The second-order valence-corrected chi connectivity index (χ2v) is 0. The third-order valence-electron chi connectivity index (χ3n) is 0. The standard InChI is InChI=1S/2Bi.11O.2Ti.2Zr/q2*+3;11*-2;4*+4. The van der Waals surface area contributed by atoms with Crippen molar-refractivity contribution >= 4 is 52.4 Å². The zero-order chi connectivity index (χ0) is 0. The van der Waals surface area contributed by atoms with Crippen LogP contribution in [0.2, 0.25) is 0 Å². The third kappa shape index (κ3) is 344. The van der Waals surface area contributed by atoms with E-state index in [1.54, 1.807) is 0 Å². The number of hydrogen-bond acceptors (Lipinski definition) is 0. The molecule has 0 aliphatic carbocycles. The molecule has 0 aliphatic rings. The predicted molar refractivity (Wildman–Crippen MR) is 19.1 cm³/mol. The minimum Gasteiger partial charge on any atom is -2.00 e. The van der Waals surface area contributed by atoms with Crippen molar-refractivity contribution in [3.63, 3.8) is 0 Å². The summed E-state index contributed by atoms with van der Waals surface area (Å²) in [6, 6.07) is 0. The summed E-state index contributed by atoms with van der Waals surface area (Å²) >= 11 is 0. The van der Waals surface area contributed by atoms with Crippen molar-refractivity contribution < 1.29 is 156 Å². The van der Waals surface area contributed by atoms with E-state index in [2.05, 4.69) is 0 Å². The van der Waals surface area contributed by atoms with Crippen LogP contribution < -0.4 is 0 Å². The van der Waals surface area contributed by atoms with E-state index >= 15 is 0 Å². The van der Waals surface area contributed by atoms with E-state index in [1.165, 1.54) is 0 Å². The molecule has 4 radical (unpaired) electrons. The molecule has 0 saturated carbocycles. The minimum absolute atomic E-state index is 0. The molecule has 0 bridgehead atoms. The van der Waals surface area contributed by atoms with E-state index in [0.717, 1.165) is 0 Å². The largest absolute Gasteiger partial charge is 4.00 e. The molecule has 17 heteroatoms. The molecule has 11 nitrogen and oxygen atoms in total. The molecular weight excluding hydrogens is 872 g/mol. The van der Waals surface area contributed by atoms with Gasteiger partial charge in [0.05, 0.1) is 0 Å². The molecule has 0 heterocycles. The van der Waals surface area contributed by atoms with Gasteiger partial charge in [-0.05, 0) is 0 Å². The molecule has 0 atom stereocenters. The molecule has 0 aromatic rings. The summed E-state index contributed by atoms with van der Waals surface area (Å²) in [7, 11) is 0. The van der Waals surface area contributed by atoms with Gasteiger partial charge in [-0.15, -0.1) is 0 Å². The molecule has 0 aliphatic heterocycles. The summed E-state index contributed by atoms with van der Waals surface area (Å²) in [5.74, 6) is 0. The molecule has 0 unspecified atom stereocenters. The van der Waals surface area contributed by atoms with Gasteiger partial charge in [0.1, 0.15) is 0 Å². The van der Waals surface area contributed by atoms with Gasteiger partial charge >= 0.3 is 148 Å².